The number of hydrogen-bond donors (Lipinski definition) is 2. The predicted molar refractivity (Wildman–Crippen MR) is 74.2 cm³/mol. The fourth-order valence-electron chi connectivity index (χ4n) is 2.34. The zero-order chi connectivity index (χ0) is 11.8. The van der Waals surface area contributed by atoms with Crippen molar-refractivity contribution in [3.05, 3.63) is 42.0 Å². The van der Waals surface area contributed by atoms with Crippen LogP contribution < -0.4 is 10.5 Å². The summed E-state index contributed by atoms with van der Waals surface area (Å²) in [5.74, 6) is 0.781. The number of hydrogen-bond acceptors (Lipinski definition) is 3. The van der Waals surface area contributed by atoms with Crippen LogP contribution >= 0.6 is 12.4 Å². The van der Waals surface area contributed by atoms with Crippen LogP contribution in [0.3, 0.4) is 0 Å². The summed E-state index contributed by atoms with van der Waals surface area (Å²) in [5.41, 5.74) is 6.71. The van der Waals surface area contributed by atoms with Gasteiger partial charge < -0.3 is 15.6 Å². The number of fused-ring (bicyclic) bond motifs is 3. The summed E-state index contributed by atoms with van der Waals surface area (Å²) in [5, 5.41) is 12.3. The van der Waals surface area contributed by atoms with E-state index in [0.717, 1.165) is 22.1 Å². The minimum Gasteiger partial charge on any atom is -0.492 e. The second-order valence-electron chi connectivity index (χ2n) is 4.45. The molecule has 3 nitrogen and oxygen atoms in total. The van der Waals surface area contributed by atoms with Gasteiger partial charge in [-0.25, -0.2) is 0 Å². The highest BCUT2D eigenvalue weighted by molar-refractivity contribution is 5.89. The number of aliphatic hydroxyl groups excluding tert-OH is 1. The molecule has 1 heterocycles. The molecule has 0 bridgehead atoms. The van der Waals surface area contributed by atoms with Gasteiger partial charge in [0.25, 0.3) is 0 Å². The van der Waals surface area contributed by atoms with Gasteiger partial charge in [-0.2, -0.15) is 0 Å². The van der Waals surface area contributed by atoms with Crippen molar-refractivity contribution in [2.24, 2.45) is 5.73 Å². The first kappa shape index (κ1) is 13.1. The lowest BCUT2D eigenvalue weighted by molar-refractivity contribution is 0.145. The van der Waals surface area contributed by atoms with Gasteiger partial charge in [0.1, 0.15) is 5.75 Å². The number of benzene rings is 2. The molecule has 3 rings (SSSR count). The van der Waals surface area contributed by atoms with Gasteiger partial charge in [-0.05, 0) is 11.8 Å². The van der Waals surface area contributed by atoms with E-state index in [4.69, 9.17) is 10.5 Å². The van der Waals surface area contributed by atoms with Crippen molar-refractivity contribution in [2.45, 2.75) is 18.6 Å². The summed E-state index contributed by atoms with van der Waals surface area (Å²) < 4.78 is 5.76. The van der Waals surface area contributed by atoms with E-state index < -0.39 is 6.10 Å². The van der Waals surface area contributed by atoms with E-state index in [9.17, 15) is 5.11 Å². The van der Waals surface area contributed by atoms with Crippen LogP contribution in [0.4, 0.5) is 0 Å². The monoisotopic (exact) mass is 265 g/mol. The van der Waals surface area contributed by atoms with E-state index in [-0.39, 0.29) is 18.4 Å². The summed E-state index contributed by atoms with van der Waals surface area (Å²) in [4.78, 5) is 0. The molecule has 0 amide bonds. The first-order valence-corrected chi connectivity index (χ1v) is 5.85. The van der Waals surface area contributed by atoms with Gasteiger partial charge >= 0.3 is 0 Å². The Balaban J connectivity index is 0.00000120. The molecular formula is C14H16ClNO2. The van der Waals surface area contributed by atoms with Crippen molar-refractivity contribution in [1.82, 2.24) is 0 Å². The Morgan fingerprint density at radius 3 is 2.78 bits per heavy atom. The van der Waals surface area contributed by atoms with Crippen LogP contribution in [0.25, 0.3) is 10.8 Å². The van der Waals surface area contributed by atoms with Crippen LogP contribution in [0, 0.1) is 0 Å². The largest absolute Gasteiger partial charge is 0.492 e. The molecule has 18 heavy (non-hydrogen) atoms. The van der Waals surface area contributed by atoms with Gasteiger partial charge in [-0.1, -0.05) is 36.4 Å². The number of nitrogens with two attached hydrogens (primary N) is 1. The first-order valence-electron chi connectivity index (χ1n) is 5.85. The van der Waals surface area contributed by atoms with E-state index in [2.05, 4.69) is 0 Å². The summed E-state index contributed by atoms with van der Waals surface area (Å²) in [6.07, 6.45) is 0.0292. The van der Waals surface area contributed by atoms with Crippen molar-refractivity contribution < 1.29 is 9.84 Å². The number of rotatable bonds is 0. The Kier molecular flexibility index (Phi) is 3.76. The maximum Gasteiger partial charge on any atom is 0.132 e. The smallest absolute Gasteiger partial charge is 0.132 e. The van der Waals surface area contributed by atoms with E-state index in [1.165, 1.54) is 0 Å². The number of ether oxygens (including phenoxy) is 1. The standard InChI is InChI=1S/C14H15NO2.ClH/c15-12-7-8-17-14-10-4-2-1-3-9(10)5-6-11(14)13(12)16;/h1-6,12-13,16H,7-8,15H2;1H. The molecule has 1 aliphatic rings. The molecule has 1 aliphatic heterocycles. The molecule has 96 valence electrons. The fraction of sp³-hybridized carbons (Fsp3) is 0.286. The molecule has 4 heteroatoms. The zero-order valence-electron chi connectivity index (χ0n) is 9.87. The quantitative estimate of drug-likeness (QED) is 0.769. The maximum absolute atomic E-state index is 10.2. The minimum atomic E-state index is -0.642. The normalized spacial score (nSPS) is 22.6. The van der Waals surface area contributed by atoms with Gasteiger partial charge in [0.15, 0.2) is 0 Å². The van der Waals surface area contributed by atoms with Crippen molar-refractivity contribution in [3.8, 4) is 5.75 Å². The zero-order valence-corrected chi connectivity index (χ0v) is 10.7. The van der Waals surface area contributed by atoms with Crippen LogP contribution in [0.1, 0.15) is 18.1 Å². The Hall–Kier alpha value is -1.29. The van der Waals surface area contributed by atoms with Crippen molar-refractivity contribution >= 4 is 23.2 Å². The van der Waals surface area contributed by atoms with Crippen LogP contribution in [-0.4, -0.2) is 17.8 Å². The Morgan fingerprint density at radius 1 is 1.17 bits per heavy atom. The second kappa shape index (κ2) is 5.14. The lowest BCUT2D eigenvalue weighted by atomic mass is 9.98. The Labute approximate surface area is 112 Å². The molecule has 0 saturated heterocycles. The van der Waals surface area contributed by atoms with Crippen LogP contribution in [0.2, 0.25) is 0 Å². The second-order valence-corrected chi connectivity index (χ2v) is 4.45. The van der Waals surface area contributed by atoms with Gasteiger partial charge in [-0.15, -0.1) is 12.4 Å². The van der Waals surface area contributed by atoms with Gasteiger partial charge in [0, 0.05) is 17.0 Å². The Bertz CT molecular complexity index is 558. The van der Waals surface area contributed by atoms with Crippen molar-refractivity contribution in [3.63, 3.8) is 0 Å². The molecule has 0 radical (unpaired) electrons. The molecule has 0 fully saturated rings. The summed E-state index contributed by atoms with van der Waals surface area (Å²) in [6.45, 7) is 0.555. The van der Waals surface area contributed by atoms with Crippen LogP contribution in [-0.2, 0) is 0 Å². The fourth-order valence-corrected chi connectivity index (χ4v) is 2.34. The molecule has 0 aliphatic carbocycles. The third kappa shape index (κ3) is 2.05. The highest BCUT2D eigenvalue weighted by Crippen LogP contribution is 2.36. The topological polar surface area (TPSA) is 55.5 Å². The third-order valence-electron chi connectivity index (χ3n) is 3.33. The average molecular weight is 266 g/mol. The van der Waals surface area contributed by atoms with Crippen molar-refractivity contribution in [2.75, 3.05) is 6.61 Å². The van der Waals surface area contributed by atoms with Crippen LogP contribution in [0.5, 0.6) is 5.75 Å². The van der Waals surface area contributed by atoms with Gasteiger partial charge in [0.2, 0.25) is 0 Å². The lowest BCUT2D eigenvalue weighted by Gasteiger charge is -2.16. The highest BCUT2D eigenvalue weighted by Gasteiger charge is 2.25. The molecular weight excluding hydrogens is 250 g/mol. The summed E-state index contributed by atoms with van der Waals surface area (Å²) in [6, 6.07) is 11.7. The first-order chi connectivity index (χ1) is 8.27. The van der Waals surface area contributed by atoms with E-state index >= 15 is 0 Å². The molecule has 0 saturated carbocycles. The highest BCUT2D eigenvalue weighted by atomic mass is 35.5. The summed E-state index contributed by atoms with van der Waals surface area (Å²) in [7, 11) is 0. The van der Waals surface area contributed by atoms with Crippen molar-refractivity contribution in [1.29, 1.82) is 0 Å². The third-order valence-corrected chi connectivity index (χ3v) is 3.33. The Morgan fingerprint density at radius 2 is 1.94 bits per heavy atom. The molecule has 0 spiro atoms. The number of halogens is 1. The average Bonchev–Trinajstić information content (AvgIpc) is 2.51. The summed E-state index contributed by atoms with van der Waals surface area (Å²) >= 11 is 0. The lowest BCUT2D eigenvalue weighted by Crippen LogP contribution is -2.28. The van der Waals surface area contributed by atoms with E-state index in [1.807, 2.05) is 36.4 Å². The van der Waals surface area contributed by atoms with Crippen LogP contribution in [0.15, 0.2) is 36.4 Å². The predicted octanol–water partition coefficient (Wildman–Crippen LogP) is 2.40. The molecule has 2 atom stereocenters. The van der Waals surface area contributed by atoms with E-state index in [1.54, 1.807) is 0 Å². The molecule has 2 unspecified atom stereocenters. The maximum atomic E-state index is 10.2. The molecule has 3 N–H and O–H groups in total. The SMILES string of the molecule is Cl.NC1CCOc2c(ccc3ccccc23)C1O. The molecule has 2 aromatic carbocycles. The molecule has 2 aromatic rings. The van der Waals surface area contributed by atoms with Gasteiger partial charge in [0.05, 0.1) is 12.7 Å². The van der Waals surface area contributed by atoms with Gasteiger partial charge in [-0.3, -0.25) is 0 Å². The molecule has 0 aromatic heterocycles. The minimum absolute atomic E-state index is 0. The van der Waals surface area contributed by atoms with E-state index in [0.29, 0.717) is 13.0 Å². The number of aliphatic hydroxyl groups is 1.